The highest BCUT2D eigenvalue weighted by atomic mass is 32.2. The minimum atomic E-state index is -4.17. The fourth-order valence-electron chi connectivity index (χ4n) is 4.57. The minimum absolute atomic E-state index is 0.0580. The molecule has 0 aromatic heterocycles. The van der Waals surface area contributed by atoms with Gasteiger partial charge in [-0.3, -0.25) is 13.9 Å². The van der Waals surface area contributed by atoms with Gasteiger partial charge in [-0.1, -0.05) is 67.1 Å². The van der Waals surface area contributed by atoms with Crippen LogP contribution >= 0.6 is 0 Å². The predicted molar refractivity (Wildman–Crippen MR) is 163 cm³/mol. The molecule has 3 aromatic carbocycles. The Kier molecular flexibility index (Phi) is 11.3. The molecule has 0 fully saturated rings. The third-order valence-corrected chi connectivity index (χ3v) is 8.40. The van der Waals surface area contributed by atoms with Crippen molar-refractivity contribution in [2.24, 2.45) is 0 Å². The maximum atomic E-state index is 14.1. The van der Waals surface area contributed by atoms with Crippen LogP contribution < -0.4 is 14.4 Å². The number of hydrogen-bond donors (Lipinski definition) is 1. The molecular formula is C32H41N3O5S. The molecule has 1 N–H and O–H groups in total. The Balaban J connectivity index is 2.06. The summed E-state index contributed by atoms with van der Waals surface area (Å²) in [5.41, 5.74) is 2.18. The Morgan fingerprint density at radius 1 is 0.902 bits per heavy atom. The minimum Gasteiger partial charge on any atom is -0.492 e. The summed E-state index contributed by atoms with van der Waals surface area (Å²) >= 11 is 0. The number of benzene rings is 3. The summed E-state index contributed by atoms with van der Waals surface area (Å²) < 4.78 is 35.0. The molecule has 220 valence electrons. The number of aryl methyl sites for hydroxylation is 1. The van der Waals surface area contributed by atoms with E-state index >= 15 is 0 Å². The number of para-hydroxylation sites is 2. The molecule has 3 rings (SSSR count). The standard InChI is InChI=1S/C32H41N3O5S/c1-6-28(32(37)33-24(3)4)34(22-21-26-13-9-8-10-14-26)31(36)23-35(29-15-11-12-16-30(29)40-7-2)41(38,39)27-19-17-25(5)18-20-27/h8-20,24,28H,6-7,21-23H2,1-5H3,(H,33,37)/t28-/m1/s1. The quantitative estimate of drug-likeness (QED) is 0.291. The molecule has 0 spiro atoms. The van der Waals surface area contributed by atoms with Gasteiger partial charge < -0.3 is 15.0 Å². The van der Waals surface area contributed by atoms with Crippen molar-refractivity contribution in [2.75, 3.05) is 24.0 Å². The van der Waals surface area contributed by atoms with E-state index in [2.05, 4.69) is 5.32 Å². The fraction of sp³-hybridized carbons (Fsp3) is 0.375. The molecule has 3 aromatic rings. The first-order chi connectivity index (χ1) is 19.6. The Labute approximate surface area is 244 Å². The van der Waals surface area contributed by atoms with Crippen molar-refractivity contribution in [3.05, 3.63) is 90.0 Å². The number of amides is 2. The van der Waals surface area contributed by atoms with Crippen LogP contribution in [-0.2, 0) is 26.0 Å². The Hall–Kier alpha value is -3.85. The van der Waals surface area contributed by atoms with Gasteiger partial charge in [0.15, 0.2) is 0 Å². The average molecular weight is 580 g/mol. The van der Waals surface area contributed by atoms with Crippen LogP contribution in [0.3, 0.4) is 0 Å². The molecule has 0 bridgehead atoms. The van der Waals surface area contributed by atoms with Crippen LogP contribution in [0.15, 0.2) is 83.8 Å². The summed E-state index contributed by atoms with van der Waals surface area (Å²) in [6, 6.07) is 22.1. The lowest BCUT2D eigenvalue weighted by molar-refractivity contribution is -0.139. The van der Waals surface area contributed by atoms with Gasteiger partial charge in [0.1, 0.15) is 18.3 Å². The SMILES string of the molecule is CCOc1ccccc1N(CC(=O)N(CCc1ccccc1)[C@H](CC)C(=O)NC(C)C)S(=O)(=O)c1ccc(C)cc1. The van der Waals surface area contributed by atoms with Gasteiger partial charge in [0.05, 0.1) is 17.2 Å². The first kappa shape index (κ1) is 31.7. The number of rotatable bonds is 14. The second-order valence-corrected chi connectivity index (χ2v) is 12.0. The first-order valence-corrected chi connectivity index (χ1v) is 15.5. The Morgan fingerprint density at radius 2 is 1.54 bits per heavy atom. The van der Waals surface area contributed by atoms with Crippen molar-refractivity contribution in [1.82, 2.24) is 10.2 Å². The predicted octanol–water partition coefficient (Wildman–Crippen LogP) is 4.96. The number of nitrogens with zero attached hydrogens (tertiary/aromatic N) is 2. The molecule has 0 saturated carbocycles. The van der Waals surface area contributed by atoms with Gasteiger partial charge in [0.2, 0.25) is 11.8 Å². The summed E-state index contributed by atoms with van der Waals surface area (Å²) in [6.07, 6.45) is 0.887. The van der Waals surface area contributed by atoms with Crippen molar-refractivity contribution in [1.29, 1.82) is 0 Å². The van der Waals surface area contributed by atoms with Gasteiger partial charge >= 0.3 is 0 Å². The van der Waals surface area contributed by atoms with Crippen molar-refractivity contribution in [3.8, 4) is 5.75 Å². The topological polar surface area (TPSA) is 96.0 Å². The fourth-order valence-corrected chi connectivity index (χ4v) is 5.99. The van der Waals surface area contributed by atoms with E-state index in [1.165, 1.54) is 17.0 Å². The third kappa shape index (κ3) is 8.33. The molecule has 0 aliphatic carbocycles. The summed E-state index contributed by atoms with van der Waals surface area (Å²) in [6.45, 7) is 9.32. The van der Waals surface area contributed by atoms with Gasteiger partial charge in [0.25, 0.3) is 10.0 Å². The van der Waals surface area contributed by atoms with Crippen LogP contribution in [-0.4, -0.2) is 56.9 Å². The molecule has 0 heterocycles. The lowest BCUT2D eigenvalue weighted by Crippen LogP contribution is -2.54. The highest BCUT2D eigenvalue weighted by Crippen LogP contribution is 2.33. The number of anilines is 1. The number of hydrogen-bond acceptors (Lipinski definition) is 5. The molecule has 0 saturated heterocycles. The smallest absolute Gasteiger partial charge is 0.264 e. The number of ether oxygens (including phenoxy) is 1. The van der Waals surface area contributed by atoms with E-state index in [4.69, 9.17) is 4.74 Å². The van der Waals surface area contributed by atoms with Gasteiger partial charge in [-0.2, -0.15) is 0 Å². The molecular weight excluding hydrogens is 538 g/mol. The van der Waals surface area contributed by atoms with Crippen molar-refractivity contribution in [2.45, 2.75) is 64.4 Å². The maximum absolute atomic E-state index is 14.1. The van der Waals surface area contributed by atoms with Crippen molar-refractivity contribution in [3.63, 3.8) is 0 Å². The number of nitrogens with one attached hydrogen (secondary N) is 1. The zero-order valence-corrected chi connectivity index (χ0v) is 25.4. The summed E-state index contributed by atoms with van der Waals surface area (Å²) in [7, 11) is -4.17. The van der Waals surface area contributed by atoms with Crippen LogP contribution in [0, 0.1) is 6.92 Å². The number of carbonyl (C=O) groups excluding carboxylic acids is 2. The first-order valence-electron chi connectivity index (χ1n) is 14.0. The second kappa shape index (κ2) is 14.7. The van der Waals surface area contributed by atoms with E-state index in [0.29, 0.717) is 25.2 Å². The normalized spacial score (nSPS) is 12.0. The molecule has 41 heavy (non-hydrogen) atoms. The monoisotopic (exact) mass is 579 g/mol. The van der Waals surface area contributed by atoms with E-state index in [0.717, 1.165) is 15.4 Å². The highest BCUT2D eigenvalue weighted by Gasteiger charge is 2.34. The lowest BCUT2D eigenvalue weighted by atomic mass is 10.1. The summed E-state index contributed by atoms with van der Waals surface area (Å²) in [5, 5.41) is 2.91. The van der Waals surface area contributed by atoms with Gasteiger partial charge in [-0.25, -0.2) is 8.42 Å². The molecule has 8 nitrogen and oxygen atoms in total. The van der Waals surface area contributed by atoms with Gasteiger partial charge in [0, 0.05) is 12.6 Å². The second-order valence-electron chi connectivity index (χ2n) is 10.1. The maximum Gasteiger partial charge on any atom is 0.264 e. The highest BCUT2D eigenvalue weighted by molar-refractivity contribution is 7.92. The Morgan fingerprint density at radius 3 is 2.15 bits per heavy atom. The third-order valence-electron chi connectivity index (χ3n) is 6.62. The van der Waals surface area contributed by atoms with Gasteiger partial charge in [-0.15, -0.1) is 0 Å². The van der Waals surface area contributed by atoms with Crippen LogP contribution in [0.4, 0.5) is 5.69 Å². The average Bonchev–Trinajstić information content (AvgIpc) is 2.94. The zero-order valence-electron chi connectivity index (χ0n) is 24.5. The number of sulfonamides is 1. The molecule has 9 heteroatoms. The largest absolute Gasteiger partial charge is 0.492 e. The van der Waals surface area contributed by atoms with Crippen LogP contribution in [0.5, 0.6) is 5.75 Å². The molecule has 0 aliphatic heterocycles. The Bertz CT molecular complexity index is 1390. The van der Waals surface area contributed by atoms with E-state index in [1.54, 1.807) is 36.4 Å². The summed E-state index contributed by atoms with van der Waals surface area (Å²) in [4.78, 5) is 28.9. The van der Waals surface area contributed by atoms with E-state index in [-0.39, 0.29) is 29.1 Å². The van der Waals surface area contributed by atoms with E-state index < -0.39 is 28.5 Å². The van der Waals surface area contributed by atoms with Gasteiger partial charge in [-0.05, 0) is 70.4 Å². The van der Waals surface area contributed by atoms with Crippen molar-refractivity contribution >= 4 is 27.5 Å². The van der Waals surface area contributed by atoms with Crippen LogP contribution in [0.25, 0.3) is 0 Å². The van der Waals surface area contributed by atoms with Crippen LogP contribution in [0.1, 0.15) is 45.2 Å². The number of carbonyl (C=O) groups is 2. The molecule has 2 amide bonds. The molecule has 0 aliphatic rings. The molecule has 0 unspecified atom stereocenters. The summed E-state index contributed by atoms with van der Waals surface area (Å²) in [5.74, 6) is -0.404. The van der Waals surface area contributed by atoms with Crippen LogP contribution in [0.2, 0.25) is 0 Å². The lowest BCUT2D eigenvalue weighted by Gasteiger charge is -2.34. The van der Waals surface area contributed by atoms with E-state index in [9.17, 15) is 18.0 Å². The molecule has 0 radical (unpaired) electrons. The van der Waals surface area contributed by atoms with Crippen molar-refractivity contribution < 1.29 is 22.7 Å². The zero-order chi connectivity index (χ0) is 30.0. The molecule has 1 atom stereocenters. The van der Waals surface area contributed by atoms with E-state index in [1.807, 2.05) is 65.0 Å².